The van der Waals surface area contributed by atoms with Gasteiger partial charge in [-0.1, -0.05) is 60.7 Å². The number of piperidine rings is 1. The van der Waals surface area contributed by atoms with Gasteiger partial charge in [-0.3, -0.25) is 9.59 Å². The Morgan fingerprint density at radius 1 is 1.06 bits per heavy atom. The predicted octanol–water partition coefficient (Wildman–Crippen LogP) is 5.23. The number of fused-ring (bicyclic) bond motifs is 1. The molecule has 5 nitrogen and oxygen atoms in total. The quantitative estimate of drug-likeness (QED) is 0.515. The standard InChI is InChI=1S/C30H34N2O3/c1-35-27-14-13-23(25-11-5-6-12-26(25)27)20-30(17-15-28(33)31-30)18-16-29(34)32-19-7-10-24(21-32)22-8-3-2-4-9-22/h2-6,8-9,11-14,24H,7,10,15-21H2,1H3,(H,31,33). The second-order valence-electron chi connectivity index (χ2n) is 10.1. The van der Waals surface area contributed by atoms with Gasteiger partial charge in [0, 0.05) is 42.8 Å². The zero-order valence-electron chi connectivity index (χ0n) is 20.5. The molecule has 2 heterocycles. The molecule has 2 unspecified atom stereocenters. The molecule has 2 saturated heterocycles. The first-order valence-electron chi connectivity index (χ1n) is 12.8. The summed E-state index contributed by atoms with van der Waals surface area (Å²) in [5, 5.41) is 5.47. The van der Waals surface area contributed by atoms with E-state index in [4.69, 9.17) is 4.74 Å². The van der Waals surface area contributed by atoms with E-state index in [1.54, 1.807) is 7.11 Å². The minimum atomic E-state index is -0.390. The third-order valence-corrected chi connectivity index (χ3v) is 7.82. The minimum absolute atomic E-state index is 0.0809. The van der Waals surface area contributed by atoms with E-state index in [1.807, 2.05) is 29.2 Å². The number of ether oxygens (including phenoxy) is 1. The fraction of sp³-hybridized carbons (Fsp3) is 0.400. The maximum absolute atomic E-state index is 13.3. The van der Waals surface area contributed by atoms with Crippen LogP contribution in [0.3, 0.4) is 0 Å². The molecule has 35 heavy (non-hydrogen) atoms. The Labute approximate surface area is 207 Å². The number of hydrogen-bond acceptors (Lipinski definition) is 3. The highest BCUT2D eigenvalue weighted by molar-refractivity contribution is 5.91. The summed E-state index contributed by atoms with van der Waals surface area (Å²) in [5.74, 6) is 1.53. The van der Waals surface area contributed by atoms with Crippen molar-refractivity contribution < 1.29 is 14.3 Å². The van der Waals surface area contributed by atoms with Gasteiger partial charge in [0.2, 0.25) is 11.8 Å². The Kier molecular flexibility index (Phi) is 6.76. The van der Waals surface area contributed by atoms with Crippen molar-refractivity contribution in [3.8, 4) is 5.75 Å². The van der Waals surface area contributed by atoms with Crippen LogP contribution in [0.1, 0.15) is 55.6 Å². The van der Waals surface area contributed by atoms with E-state index in [9.17, 15) is 9.59 Å². The second-order valence-corrected chi connectivity index (χ2v) is 10.1. The molecule has 0 aliphatic carbocycles. The molecule has 2 aliphatic heterocycles. The Bertz CT molecular complexity index is 1210. The summed E-state index contributed by atoms with van der Waals surface area (Å²) in [4.78, 5) is 27.7. The van der Waals surface area contributed by atoms with Gasteiger partial charge in [-0.15, -0.1) is 0 Å². The number of benzene rings is 3. The van der Waals surface area contributed by atoms with Crippen molar-refractivity contribution in [2.24, 2.45) is 0 Å². The number of carbonyl (C=O) groups excluding carboxylic acids is 2. The smallest absolute Gasteiger partial charge is 0.222 e. The number of methoxy groups -OCH3 is 1. The molecule has 3 aromatic carbocycles. The highest BCUT2D eigenvalue weighted by Gasteiger charge is 2.39. The van der Waals surface area contributed by atoms with Gasteiger partial charge in [-0.25, -0.2) is 0 Å². The molecule has 2 fully saturated rings. The fourth-order valence-electron chi connectivity index (χ4n) is 5.92. The van der Waals surface area contributed by atoms with E-state index < -0.39 is 5.54 Å². The van der Waals surface area contributed by atoms with Crippen LogP contribution in [0.15, 0.2) is 66.7 Å². The van der Waals surface area contributed by atoms with Crippen LogP contribution in [0.2, 0.25) is 0 Å². The van der Waals surface area contributed by atoms with Gasteiger partial charge in [0.1, 0.15) is 5.75 Å². The van der Waals surface area contributed by atoms with Crippen LogP contribution in [0, 0.1) is 0 Å². The first kappa shape index (κ1) is 23.4. The summed E-state index contributed by atoms with van der Waals surface area (Å²) in [7, 11) is 1.69. The average Bonchev–Trinajstić information content (AvgIpc) is 3.28. The van der Waals surface area contributed by atoms with E-state index in [2.05, 4.69) is 47.8 Å². The Morgan fingerprint density at radius 3 is 2.57 bits per heavy atom. The molecule has 5 heteroatoms. The van der Waals surface area contributed by atoms with E-state index in [0.717, 1.165) is 48.9 Å². The van der Waals surface area contributed by atoms with E-state index >= 15 is 0 Å². The summed E-state index contributed by atoms with van der Waals surface area (Å²) >= 11 is 0. The van der Waals surface area contributed by atoms with Crippen molar-refractivity contribution in [3.63, 3.8) is 0 Å². The summed E-state index contributed by atoms with van der Waals surface area (Å²) in [6.07, 6.45) is 5.25. The minimum Gasteiger partial charge on any atom is -0.496 e. The zero-order chi connectivity index (χ0) is 24.3. The maximum Gasteiger partial charge on any atom is 0.222 e. The van der Waals surface area contributed by atoms with Gasteiger partial charge in [0.05, 0.1) is 7.11 Å². The average molecular weight is 471 g/mol. The molecule has 0 spiro atoms. The monoisotopic (exact) mass is 470 g/mol. The van der Waals surface area contributed by atoms with Gasteiger partial charge in [-0.2, -0.15) is 0 Å². The van der Waals surface area contributed by atoms with Crippen molar-refractivity contribution >= 4 is 22.6 Å². The zero-order valence-corrected chi connectivity index (χ0v) is 20.5. The van der Waals surface area contributed by atoms with Crippen molar-refractivity contribution in [1.29, 1.82) is 0 Å². The molecule has 0 bridgehead atoms. The summed E-state index contributed by atoms with van der Waals surface area (Å²) in [5.41, 5.74) is 2.10. The summed E-state index contributed by atoms with van der Waals surface area (Å²) < 4.78 is 5.56. The molecular formula is C30H34N2O3. The lowest BCUT2D eigenvalue weighted by Gasteiger charge is -2.35. The number of nitrogens with zero attached hydrogens (tertiary/aromatic N) is 1. The van der Waals surface area contributed by atoms with Crippen LogP contribution >= 0.6 is 0 Å². The third kappa shape index (κ3) is 5.04. The van der Waals surface area contributed by atoms with Crippen LogP contribution in [0.5, 0.6) is 5.75 Å². The molecule has 0 saturated carbocycles. The third-order valence-electron chi connectivity index (χ3n) is 7.82. The topological polar surface area (TPSA) is 58.6 Å². The van der Waals surface area contributed by atoms with Crippen LogP contribution in [-0.2, 0) is 16.0 Å². The molecule has 1 N–H and O–H groups in total. The molecule has 3 aromatic rings. The number of rotatable bonds is 7. The second kappa shape index (κ2) is 10.1. The SMILES string of the molecule is COc1ccc(CC2(CCC(=O)N3CCCC(c4ccccc4)C3)CCC(=O)N2)c2ccccc12. The lowest BCUT2D eigenvalue weighted by atomic mass is 9.83. The van der Waals surface area contributed by atoms with E-state index in [-0.39, 0.29) is 11.8 Å². The Morgan fingerprint density at radius 2 is 1.83 bits per heavy atom. The highest BCUT2D eigenvalue weighted by atomic mass is 16.5. The van der Waals surface area contributed by atoms with Crippen molar-refractivity contribution in [2.75, 3.05) is 20.2 Å². The summed E-state index contributed by atoms with van der Waals surface area (Å²) in [6.45, 7) is 1.61. The van der Waals surface area contributed by atoms with Crippen LogP contribution < -0.4 is 10.1 Å². The predicted molar refractivity (Wildman–Crippen MR) is 139 cm³/mol. The van der Waals surface area contributed by atoms with Gasteiger partial charge in [0.15, 0.2) is 0 Å². The molecule has 2 amide bonds. The number of hydrogen-bond donors (Lipinski definition) is 1. The number of nitrogens with one attached hydrogen (secondary N) is 1. The highest BCUT2D eigenvalue weighted by Crippen LogP contribution is 2.35. The largest absolute Gasteiger partial charge is 0.496 e. The molecule has 0 radical (unpaired) electrons. The van der Waals surface area contributed by atoms with E-state index in [1.165, 1.54) is 11.1 Å². The first-order valence-corrected chi connectivity index (χ1v) is 12.8. The lowest BCUT2D eigenvalue weighted by molar-refractivity contribution is -0.133. The van der Waals surface area contributed by atoms with Crippen LogP contribution in [0.4, 0.5) is 0 Å². The Hall–Kier alpha value is -3.34. The molecule has 0 aromatic heterocycles. The van der Waals surface area contributed by atoms with Crippen LogP contribution in [0.25, 0.3) is 10.8 Å². The molecule has 5 rings (SSSR count). The summed E-state index contributed by atoms with van der Waals surface area (Å²) in [6, 6.07) is 22.9. The van der Waals surface area contributed by atoms with Crippen molar-refractivity contribution in [2.45, 2.75) is 56.4 Å². The lowest BCUT2D eigenvalue weighted by Crippen LogP contribution is -2.45. The Balaban J connectivity index is 1.31. The number of amides is 2. The molecular weight excluding hydrogens is 436 g/mol. The normalized spacial score (nSPS) is 22.3. The van der Waals surface area contributed by atoms with Crippen LogP contribution in [-0.4, -0.2) is 42.5 Å². The van der Waals surface area contributed by atoms with Crippen molar-refractivity contribution in [3.05, 3.63) is 77.9 Å². The molecule has 182 valence electrons. The van der Waals surface area contributed by atoms with E-state index in [0.29, 0.717) is 31.6 Å². The van der Waals surface area contributed by atoms with Crippen molar-refractivity contribution in [1.82, 2.24) is 10.2 Å². The van der Waals surface area contributed by atoms with Gasteiger partial charge >= 0.3 is 0 Å². The number of carbonyl (C=O) groups is 2. The fourth-order valence-corrected chi connectivity index (χ4v) is 5.92. The first-order chi connectivity index (χ1) is 17.1. The number of likely N-dealkylation sites (tertiary alicyclic amines) is 1. The van der Waals surface area contributed by atoms with Gasteiger partial charge in [0.25, 0.3) is 0 Å². The molecule has 2 aliphatic rings. The maximum atomic E-state index is 13.3. The van der Waals surface area contributed by atoms with Gasteiger partial charge < -0.3 is 15.0 Å². The van der Waals surface area contributed by atoms with Gasteiger partial charge in [-0.05, 0) is 54.7 Å². The molecule has 2 atom stereocenters.